The Kier molecular flexibility index (Phi) is 5.45. The van der Waals surface area contributed by atoms with Crippen molar-refractivity contribution in [3.63, 3.8) is 0 Å². The Bertz CT molecular complexity index is 288. The maximum Gasteiger partial charge on any atom is 0.181 e. The molecule has 0 saturated heterocycles. The summed E-state index contributed by atoms with van der Waals surface area (Å²) in [6, 6.07) is 3.21. The van der Waals surface area contributed by atoms with Gasteiger partial charge >= 0.3 is 0 Å². The normalized spacial score (nSPS) is 10.4. The predicted molar refractivity (Wildman–Crippen MR) is 63.0 cm³/mol. The van der Waals surface area contributed by atoms with Crippen molar-refractivity contribution in [1.29, 1.82) is 0 Å². The Balaban J connectivity index is 2.18. The van der Waals surface area contributed by atoms with Crippen molar-refractivity contribution in [3.8, 4) is 0 Å². The number of rotatable bonds is 6. The molecule has 0 aliphatic carbocycles. The fraction of sp³-hybridized carbons (Fsp3) is 0.545. The zero-order valence-corrected chi connectivity index (χ0v) is 9.25. The fourth-order valence-corrected chi connectivity index (χ4v) is 1.58. The van der Waals surface area contributed by atoms with Crippen LogP contribution < -0.4 is 5.43 Å². The van der Waals surface area contributed by atoms with Crippen LogP contribution in [0.25, 0.3) is 0 Å². The number of pyridine rings is 1. The van der Waals surface area contributed by atoms with Gasteiger partial charge in [0.05, 0.1) is 0 Å². The molecule has 0 fully saturated rings. The van der Waals surface area contributed by atoms with Crippen LogP contribution in [0, 0.1) is 0 Å². The fourth-order valence-electron chi connectivity index (χ4n) is 1.35. The van der Waals surface area contributed by atoms with E-state index in [0.29, 0.717) is 0 Å². The molecule has 0 aromatic carbocycles. The number of nitrogens with zero attached hydrogens (tertiary/aromatic N) is 1. The summed E-state index contributed by atoms with van der Waals surface area (Å²) in [4.78, 5) is 10.8. The first-order valence-corrected chi connectivity index (χ1v) is 5.73. The molecule has 1 aromatic heterocycles. The maximum atomic E-state index is 10.8. The number of aryl methyl sites for hydroxylation is 1. The van der Waals surface area contributed by atoms with E-state index in [1.54, 1.807) is 12.1 Å². The number of thiol groups is 1. The van der Waals surface area contributed by atoms with Gasteiger partial charge in [0.1, 0.15) is 0 Å². The third-order valence-corrected chi connectivity index (χ3v) is 2.50. The molecular formula is C11H17NOS. The van der Waals surface area contributed by atoms with Gasteiger partial charge in [0, 0.05) is 31.1 Å². The first-order chi connectivity index (χ1) is 6.83. The number of unbranched alkanes of at least 4 members (excludes halogenated alkanes) is 3. The highest BCUT2D eigenvalue weighted by atomic mass is 32.1. The van der Waals surface area contributed by atoms with Gasteiger partial charge < -0.3 is 4.57 Å². The third kappa shape index (κ3) is 4.51. The van der Waals surface area contributed by atoms with Crippen molar-refractivity contribution >= 4 is 12.6 Å². The third-order valence-electron chi connectivity index (χ3n) is 2.18. The highest BCUT2D eigenvalue weighted by Gasteiger charge is 1.90. The first kappa shape index (κ1) is 11.4. The van der Waals surface area contributed by atoms with Crippen LogP contribution in [-0.4, -0.2) is 10.3 Å². The molecule has 0 N–H and O–H groups in total. The summed E-state index contributed by atoms with van der Waals surface area (Å²) in [5.41, 5.74) is 0.0799. The standard InChI is InChI=1S/C11H17NOS/c13-11-5-8-12(9-6-11)7-3-1-2-4-10-14/h5-6,8-9,14H,1-4,7,10H2. The molecule has 3 heteroatoms. The summed E-state index contributed by atoms with van der Waals surface area (Å²) in [7, 11) is 0. The molecule has 0 unspecified atom stereocenters. The van der Waals surface area contributed by atoms with E-state index in [2.05, 4.69) is 17.2 Å². The summed E-state index contributed by atoms with van der Waals surface area (Å²) in [5.74, 6) is 0.984. The minimum absolute atomic E-state index is 0.0799. The van der Waals surface area contributed by atoms with Gasteiger partial charge in [0.25, 0.3) is 0 Å². The van der Waals surface area contributed by atoms with Crippen molar-refractivity contribution in [1.82, 2.24) is 4.57 Å². The quantitative estimate of drug-likeness (QED) is 0.566. The van der Waals surface area contributed by atoms with Gasteiger partial charge in [-0.1, -0.05) is 12.8 Å². The highest BCUT2D eigenvalue weighted by molar-refractivity contribution is 7.80. The largest absolute Gasteiger partial charge is 0.354 e. The monoisotopic (exact) mass is 211 g/mol. The molecule has 78 valence electrons. The molecule has 2 nitrogen and oxygen atoms in total. The van der Waals surface area contributed by atoms with E-state index in [-0.39, 0.29) is 5.43 Å². The highest BCUT2D eigenvalue weighted by Crippen LogP contribution is 2.02. The zero-order valence-electron chi connectivity index (χ0n) is 8.35. The molecule has 1 rings (SSSR count). The lowest BCUT2D eigenvalue weighted by Crippen LogP contribution is -2.03. The Morgan fingerprint density at radius 1 is 1.07 bits per heavy atom. The predicted octanol–water partition coefficient (Wildman–Crippen LogP) is 2.34. The van der Waals surface area contributed by atoms with Crippen LogP contribution in [0.15, 0.2) is 29.3 Å². The van der Waals surface area contributed by atoms with E-state index in [0.717, 1.165) is 12.3 Å². The van der Waals surface area contributed by atoms with E-state index in [4.69, 9.17) is 0 Å². The second-order valence-electron chi connectivity index (χ2n) is 3.41. The van der Waals surface area contributed by atoms with Gasteiger partial charge in [-0.15, -0.1) is 0 Å². The lowest BCUT2D eigenvalue weighted by molar-refractivity contribution is 0.581. The van der Waals surface area contributed by atoms with Gasteiger partial charge in [-0.05, 0) is 18.6 Å². The molecule has 0 aliphatic rings. The molecule has 0 atom stereocenters. The van der Waals surface area contributed by atoms with Crippen LogP contribution >= 0.6 is 12.6 Å². The van der Waals surface area contributed by atoms with Crippen molar-refractivity contribution in [3.05, 3.63) is 34.7 Å². The van der Waals surface area contributed by atoms with Gasteiger partial charge in [-0.25, -0.2) is 0 Å². The van der Waals surface area contributed by atoms with Gasteiger partial charge in [-0.3, -0.25) is 4.79 Å². The van der Waals surface area contributed by atoms with E-state index >= 15 is 0 Å². The Hall–Kier alpha value is -0.700. The van der Waals surface area contributed by atoms with Gasteiger partial charge in [-0.2, -0.15) is 12.6 Å². The second-order valence-corrected chi connectivity index (χ2v) is 3.86. The summed E-state index contributed by atoms with van der Waals surface area (Å²) in [5, 5.41) is 0. The first-order valence-electron chi connectivity index (χ1n) is 5.10. The Morgan fingerprint density at radius 2 is 1.71 bits per heavy atom. The summed E-state index contributed by atoms with van der Waals surface area (Å²) in [6.45, 7) is 1.01. The molecule has 0 saturated carbocycles. The second kappa shape index (κ2) is 6.71. The number of hydrogen-bond acceptors (Lipinski definition) is 2. The SMILES string of the molecule is O=c1ccn(CCCCCCS)cc1. The van der Waals surface area contributed by atoms with Crippen LogP contribution in [0.3, 0.4) is 0 Å². The minimum Gasteiger partial charge on any atom is -0.354 e. The average Bonchev–Trinajstić information content (AvgIpc) is 2.21. The smallest absolute Gasteiger partial charge is 0.181 e. The van der Waals surface area contributed by atoms with E-state index in [1.165, 1.54) is 25.7 Å². The summed E-state index contributed by atoms with van der Waals surface area (Å²) in [6.07, 6.45) is 8.57. The minimum atomic E-state index is 0.0799. The van der Waals surface area contributed by atoms with E-state index in [9.17, 15) is 4.79 Å². The molecule has 0 amide bonds. The van der Waals surface area contributed by atoms with Crippen molar-refractivity contribution in [2.24, 2.45) is 0 Å². The Morgan fingerprint density at radius 3 is 2.36 bits per heavy atom. The molecule has 1 aromatic rings. The average molecular weight is 211 g/mol. The number of aromatic nitrogens is 1. The van der Waals surface area contributed by atoms with Crippen molar-refractivity contribution in [2.45, 2.75) is 32.2 Å². The molecule has 0 aliphatic heterocycles. The molecule has 1 heterocycles. The molecule has 14 heavy (non-hydrogen) atoms. The van der Waals surface area contributed by atoms with E-state index in [1.807, 2.05) is 12.4 Å². The van der Waals surface area contributed by atoms with Crippen LogP contribution in [0.4, 0.5) is 0 Å². The molecule has 0 spiro atoms. The maximum absolute atomic E-state index is 10.8. The van der Waals surface area contributed by atoms with Crippen LogP contribution in [0.2, 0.25) is 0 Å². The molecule has 0 radical (unpaired) electrons. The molecule has 0 bridgehead atoms. The summed E-state index contributed by atoms with van der Waals surface area (Å²) >= 11 is 4.16. The summed E-state index contributed by atoms with van der Waals surface area (Å²) < 4.78 is 2.06. The Labute approximate surface area is 90.4 Å². The lowest BCUT2D eigenvalue weighted by Gasteiger charge is -2.04. The topological polar surface area (TPSA) is 22.0 Å². The van der Waals surface area contributed by atoms with Crippen molar-refractivity contribution < 1.29 is 0 Å². The number of hydrogen-bond donors (Lipinski definition) is 1. The van der Waals surface area contributed by atoms with Crippen LogP contribution in [0.5, 0.6) is 0 Å². The van der Waals surface area contributed by atoms with Gasteiger partial charge in [0.2, 0.25) is 0 Å². The lowest BCUT2D eigenvalue weighted by atomic mass is 10.2. The zero-order chi connectivity index (χ0) is 10.2. The molecular weight excluding hydrogens is 194 g/mol. The van der Waals surface area contributed by atoms with Crippen LogP contribution in [-0.2, 0) is 6.54 Å². The van der Waals surface area contributed by atoms with E-state index < -0.39 is 0 Å². The van der Waals surface area contributed by atoms with Crippen molar-refractivity contribution in [2.75, 3.05) is 5.75 Å². The van der Waals surface area contributed by atoms with Gasteiger partial charge in [0.15, 0.2) is 5.43 Å². The van der Waals surface area contributed by atoms with Crippen LogP contribution in [0.1, 0.15) is 25.7 Å².